The molecule has 1 aliphatic carbocycles. The SMILES string of the molecule is CC1(NCC2(N)C3CCOC3C2(C)C)CCOCC1. The van der Waals surface area contributed by atoms with Crippen LogP contribution in [-0.2, 0) is 9.47 Å². The van der Waals surface area contributed by atoms with Crippen LogP contribution in [0.1, 0.15) is 40.0 Å². The monoisotopic (exact) mass is 268 g/mol. The molecule has 110 valence electrons. The van der Waals surface area contributed by atoms with Crippen LogP contribution in [0.3, 0.4) is 0 Å². The molecule has 0 bridgehead atoms. The van der Waals surface area contributed by atoms with Crippen LogP contribution in [0, 0.1) is 11.3 Å². The first-order valence-electron chi connectivity index (χ1n) is 7.62. The Bertz CT molecular complexity index is 352. The molecule has 1 saturated carbocycles. The molecule has 4 nitrogen and oxygen atoms in total. The molecule has 3 rings (SSSR count). The van der Waals surface area contributed by atoms with Gasteiger partial charge in [0, 0.05) is 48.8 Å². The maximum Gasteiger partial charge on any atom is 0.0691 e. The van der Waals surface area contributed by atoms with E-state index >= 15 is 0 Å². The molecule has 3 aliphatic rings. The maximum atomic E-state index is 6.77. The van der Waals surface area contributed by atoms with Crippen LogP contribution in [0.2, 0.25) is 0 Å². The molecule has 2 heterocycles. The van der Waals surface area contributed by atoms with Crippen molar-refractivity contribution in [2.45, 2.75) is 57.2 Å². The summed E-state index contributed by atoms with van der Waals surface area (Å²) in [6.45, 7) is 10.3. The Morgan fingerprint density at radius 2 is 1.84 bits per heavy atom. The minimum absolute atomic E-state index is 0.0721. The predicted octanol–water partition coefficient (Wildman–Crippen LogP) is 1.29. The Kier molecular flexibility index (Phi) is 3.21. The van der Waals surface area contributed by atoms with E-state index in [9.17, 15) is 0 Å². The third-order valence-electron chi connectivity index (χ3n) is 6.07. The molecule has 3 N–H and O–H groups in total. The third kappa shape index (κ3) is 1.96. The average molecular weight is 268 g/mol. The van der Waals surface area contributed by atoms with Crippen molar-refractivity contribution in [3.63, 3.8) is 0 Å². The molecular weight excluding hydrogens is 240 g/mol. The summed E-state index contributed by atoms with van der Waals surface area (Å²) in [5.74, 6) is 0.526. The molecule has 0 aromatic rings. The molecule has 4 heteroatoms. The minimum atomic E-state index is -0.129. The lowest BCUT2D eigenvalue weighted by Crippen LogP contribution is -2.78. The van der Waals surface area contributed by atoms with E-state index in [0.29, 0.717) is 12.0 Å². The topological polar surface area (TPSA) is 56.5 Å². The van der Waals surface area contributed by atoms with E-state index in [0.717, 1.165) is 45.6 Å². The molecule has 3 fully saturated rings. The zero-order chi connectivity index (χ0) is 13.7. The van der Waals surface area contributed by atoms with Crippen molar-refractivity contribution >= 4 is 0 Å². The summed E-state index contributed by atoms with van der Waals surface area (Å²) in [5.41, 5.74) is 6.90. The average Bonchev–Trinajstić information content (AvgIpc) is 2.85. The van der Waals surface area contributed by atoms with Crippen LogP contribution in [0.4, 0.5) is 0 Å². The van der Waals surface area contributed by atoms with E-state index < -0.39 is 0 Å². The van der Waals surface area contributed by atoms with Gasteiger partial charge in [-0.25, -0.2) is 0 Å². The van der Waals surface area contributed by atoms with Gasteiger partial charge in [-0.05, 0) is 26.2 Å². The zero-order valence-corrected chi connectivity index (χ0v) is 12.5. The van der Waals surface area contributed by atoms with Crippen molar-refractivity contribution in [3.8, 4) is 0 Å². The smallest absolute Gasteiger partial charge is 0.0691 e. The second-order valence-electron chi connectivity index (χ2n) is 7.48. The molecule has 2 saturated heterocycles. The first-order chi connectivity index (χ1) is 8.89. The van der Waals surface area contributed by atoms with Gasteiger partial charge in [-0.15, -0.1) is 0 Å². The fourth-order valence-electron chi connectivity index (χ4n) is 4.19. The maximum absolute atomic E-state index is 6.77. The van der Waals surface area contributed by atoms with Gasteiger partial charge in [-0.3, -0.25) is 0 Å². The minimum Gasteiger partial charge on any atom is -0.381 e. The highest BCUT2D eigenvalue weighted by Crippen LogP contribution is 2.57. The van der Waals surface area contributed by atoms with Crippen LogP contribution < -0.4 is 11.1 Å². The van der Waals surface area contributed by atoms with Crippen molar-refractivity contribution in [2.75, 3.05) is 26.4 Å². The van der Waals surface area contributed by atoms with Gasteiger partial charge in [0.1, 0.15) is 0 Å². The van der Waals surface area contributed by atoms with Gasteiger partial charge in [0.25, 0.3) is 0 Å². The van der Waals surface area contributed by atoms with Crippen LogP contribution in [0.15, 0.2) is 0 Å². The van der Waals surface area contributed by atoms with Gasteiger partial charge in [-0.1, -0.05) is 13.8 Å². The fourth-order valence-corrected chi connectivity index (χ4v) is 4.19. The zero-order valence-electron chi connectivity index (χ0n) is 12.5. The number of hydrogen-bond acceptors (Lipinski definition) is 4. The molecule has 0 aromatic carbocycles. The number of hydrogen-bond donors (Lipinski definition) is 2. The molecule has 0 amide bonds. The second-order valence-corrected chi connectivity index (χ2v) is 7.48. The molecule has 19 heavy (non-hydrogen) atoms. The molecule has 0 radical (unpaired) electrons. The van der Waals surface area contributed by atoms with E-state index in [4.69, 9.17) is 15.2 Å². The Morgan fingerprint density at radius 1 is 1.16 bits per heavy atom. The van der Waals surface area contributed by atoms with E-state index in [1.54, 1.807) is 0 Å². The van der Waals surface area contributed by atoms with Crippen molar-refractivity contribution in [1.82, 2.24) is 5.32 Å². The van der Waals surface area contributed by atoms with E-state index in [-0.39, 0.29) is 16.5 Å². The van der Waals surface area contributed by atoms with Crippen LogP contribution in [-0.4, -0.2) is 43.5 Å². The molecule has 3 unspecified atom stereocenters. The van der Waals surface area contributed by atoms with Gasteiger partial charge in [0.15, 0.2) is 0 Å². The van der Waals surface area contributed by atoms with Crippen LogP contribution in [0.5, 0.6) is 0 Å². The summed E-state index contributed by atoms with van der Waals surface area (Å²) < 4.78 is 11.3. The van der Waals surface area contributed by atoms with Crippen molar-refractivity contribution in [2.24, 2.45) is 17.1 Å². The van der Waals surface area contributed by atoms with Gasteiger partial charge >= 0.3 is 0 Å². The van der Waals surface area contributed by atoms with Crippen molar-refractivity contribution < 1.29 is 9.47 Å². The van der Waals surface area contributed by atoms with Crippen LogP contribution in [0.25, 0.3) is 0 Å². The number of rotatable bonds is 3. The Labute approximate surface area is 116 Å². The van der Waals surface area contributed by atoms with Gasteiger partial charge in [0.05, 0.1) is 6.10 Å². The van der Waals surface area contributed by atoms with Crippen LogP contribution >= 0.6 is 0 Å². The first-order valence-corrected chi connectivity index (χ1v) is 7.62. The lowest BCUT2D eigenvalue weighted by Gasteiger charge is -2.63. The normalized spacial score (nSPS) is 43.6. The Balaban J connectivity index is 1.65. The first kappa shape index (κ1) is 13.8. The van der Waals surface area contributed by atoms with E-state index in [2.05, 4.69) is 26.1 Å². The largest absolute Gasteiger partial charge is 0.381 e. The third-order valence-corrected chi connectivity index (χ3v) is 6.07. The number of fused-ring (bicyclic) bond motifs is 1. The molecule has 0 aromatic heterocycles. The Morgan fingerprint density at radius 3 is 2.53 bits per heavy atom. The molecule has 2 aliphatic heterocycles. The van der Waals surface area contributed by atoms with Gasteiger partial charge < -0.3 is 20.5 Å². The number of nitrogens with two attached hydrogens (primary N) is 1. The number of ether oxygens (including phenoxy) is 2. The van der Waals surface area contributed by atoms with E-state index in [1.165, 1.54) is 0 Å². The predicted molar refractivity (Wildman–Crippen MR) is 75.0 cm³/mol. The van der Waals surface area contributed by atoms with Crippen molar-refractivity contribution in [3.05, 3.63) is 0 Å². The summed E-state index contributed by atoms with van der Waals surface area (Å²) in [6.07, 6.45) is 3.63. The van der Waals surface area contributed by atoms with Crippen molar-refractivity contribution in [1.29, 1.82) is 0 Å². The lowest BCUT2D eigenvalue weighted by molar-refractivity contribution is -0.155. The van der Waals surface area contributed by atoms with E-state index in [1.807, 2.05) is 0 Å². The number of nitrogens with one attached hydrogen (secondary N) is 1. The Hall–Kier alpha value is -0.160. The second kappa shape index (κ2) is 4.42. The summed E-state index contributed by atoms with van der Waals surface area (Å²) in [4.78, 5) is 0. The quantitative estimate of drug-likeness (QED) is 0.810. The lowest BCUT2D eigenvalue weighted by atomic mass is 9.48. The molecule has 3 atom stereocenters. The highest BCUT2D eigenvalue weighted by atomic mass is 16.5. The summed E-state index contributed by atoms with van der Waals surface area (Å²) >= 11 is 0. The van der Waals surface area contributed by atoms with Gasteiger partial charge in [-0.2, -0.15) is 0 Å². The standard InChI is InChI=1S/C15H28N2O2/c1-13(2)12-11(4-7-19-12)15(13,16)10-17-14(3)5-8-18-9-6-14/h11-12,17H,4-10,16H2,1-3H3. The molecular formula is C15H28N2O2. The molecule has 0 spiro atoms. The fraction of sp³-hybridized carbons (Fsp3) is 1.00. The summed E-state index contributed by atoms with van der Waals surface area (Å²) in [6, 6.07) is 0. The highest BCUT2D eigenvalue weighted by molar-refractivity contribution is 5.21. The summed E-state index contributed by atoms with van der Waals surface area (Å²) in [7, 11) is 0. The van der Waals surface area contributed by atoms with Gasteiger partial charge in [0.2, 0.25) is 0 Å². The highest BCUT2D eigenvalue weighted by Gasteiger charge is 2.67. The summed E-state index contributed by atoms with van der Waals surface area (Å²) in [5, 5.41) is 3.75.